The van der Waals surface area contributed by atoms with Crippen molar-refractivity contribution in [1.29, 1.82) is 0 Å². The monoisotopic (exact) mass is 618 g/mol. The molecule has 1 aromatic carbocycles. The number of pyridine rings is 1. The fourth-order valence-corrected chi connectivity index (χ4v) is 6.46. The Balaban J connectivity index is 1.31. The summed E-state index contributed by atoms with van der Waals surface area (Å²) in [6.07, 6.45) is 7.94. The van der Waals surface area contributed by atoms with Crippen LogP contribution in [0.3, 0.4) is 0 Å². The molecule has 12 heteroatoms. The van der Waals surface area contributed by atoms with Crippen LogP contribution in [0.5, 0.6) is 6.01 Å². The zero-order valence-corrected chi connectivity index (χ0v) is 25.6. The summed E-state index contributed by atoms with van der Waals surface area (Å²) in [5.74, 6) is 0.922. The summed E-state index contributed by atoms with van der Waals surface area (Å²) in [6.45, 7) is 16.2. The molecule has 1 aliphatic carbocycles. The van der Waals surface area contributed by atoms with Gasteiger partial charge in [0, 0.05) is 61.8 Å². The molecule has 44 heavy (non-hydrogen) atoms. The van der Waals surface area contributed by atoms with Gasteiger partial charge in [0.05, 0.1) is 29.1 Å². The van der Waals surface area contributed by atoms with Gasteiger partial charge >= 0.3 is 6.01 Å². The molecule has 3 aromatic rings. The number of hydrogen-bond donors (Lipinski definition) is 0. The lowest BCUT2D eigenvalue weighted by Crippen LogP contribution is -2.56. The Morgan fingerprint density at radius 2 is 2.09 bits per heavy atom. The fraction of sp³-hybridized carbons (Fsp3) is 0.469. The molecular weight excluding hydrogens is 583 g/mol. The van der Waals surface area contributed by atoms with E-state index in [-0.39, 0.29) is 23.5 Å². The van der Waals surface area contributed by atoms with Gasteiger partial charge in [0.15, 0.2) is 0 Å². The van der Waals surface area contributed by atoms with Gasteiger partial charge in [-0.25, -0.2) is 11.0 Å². The maximum absolute atomic E-state index is 14.5. The van der Waals surface area contributed by atoms with Gasteiger partial charge in [0.2, 0.25) is 12.5 Å². The number of benzene rings is 1. The van der Waals surface area contributed by atoms with Crippen molar-refractivity contribution in [2.75, 3.05) is 69.3 Å². The number of piperazine rings is 1. The van der Waals surface area contributed by atoms with E-state index in [0.29, 0.717) is 57.1 Å². The summed E-state index contributed by atoms with van der Waals surface area (Å²) < 4.78 is 20.7. The van der Waals surface area contributed by atoms with Crippen LogP contribution < -0.4 is 14.5 Å². The van der Waals surface area contributed by atoms with Crippen LogP contribution in [-0.2, 0) is 17.8 Å². The molecule has 0 unspecified atom stereocenters. The molecule has 1 amide bonds. The van der Waals surface area contributed by atoms with Gasteiger partial charge in [-0.2, -0.15) is 9.97 Å². The SMILES string of the molecule is [C-]#[N+]C[C@H]1CN(c2nc(OCCN(C)CC3CC3)nc3c2CCN(c2cncc4ccc(F)c(Cl)c24)C3)CCN1C(=O)C=C. The molecule has 10 nitrogen and oxygen atoms in total. The van der Waals surface area contributed by atoms with Gasteiger partial charge in [-0.1, -0.05) is 18.2 Å². The summed E-state index contributed by atoms with van der Waals surface area (Å²) in [7, 11) is 2.10. The Hall–Kier alpha value is -4.01. The number of carbonyl (C=O) groups excluding carboxylic acids is 1. The highest BCUT2D eigenvalue weighted by Crippen LogP contribution is 2.37. The molecular formula is C32H36ClFN8O2. The Labute approximate surface area is 261 Å². The van der Waals surface area contributed by atoms with Crippen molar-refractivity contribution in [3.05, 3.63) is 70.7 Å². The van der Waals surface area contributed by atoms with Gasteiger partial charge in [0.1, 0.15) is 24.3 Å². The summed E-state index contributed by atoms with van der Waals surface area (Å²) >= 11 is 6.46. The first-order valence-electron chi connectivity index (χ1n) is 15.0. The standard InChI is InChI=1S/C32H36ClFN8O2/c1-4-28(43)42-12-11-41(19-23(42)16-35-2)31-24-9-10-40(27-17-36-15-22-7-8-25(34)30(33)29(22)27)20-26(24)37-32(38-31)44-14-13-39(3)18-21-5-6-21/h4,7-8,15,17,21,23H,1,5-6,9-14,16,18-20H2,3H3/t23-/m0/s1. The number of aromatic nitrogens is 3. The van der Waals surface area contributed by atoms with Crippen molar-refractivity contribution in [3.63, 3.8) is 0 Å². The molecule has 2 aromatic heterocycles. The van der Waals surface area contributed by atoms with Crippen molar-refractivity contribution in [3.8, 4) is 6.01 Å². The van der Waals surface area contributed by atoms with Crippen LogP contribution >= 0.6 is 11.6 Å². The molecule has 6 rings (SSSR count). The zero-order chi connectivity index (χ0) is 30.8. The van der Waals surface area contributed by atoms with E-state index in [1.165, 1.54) is 25.0 Å². The molecule has 0 radical (unpaired) electrons. The lowest BCUT2D eigenvalue weighted by molar-refractivity contribution is -0.128. The molecule has 2 aliphatic heterocycles. The summed E-state index contributed by atoms with van der Waals surface area (Å²) in [5, 5.41) is 1.46. The van der Waals surface area contributed by atoms with Crippen molar-refractivity contribution >= 4 is 39.8 Å². The first kappa shape index (κ1) is 30.0. The van der Waals surface area contributed by atoms with E-state index in [0.717, 1.165) is 47.2 Å². The normalized spacial score (nSPS) is 18.3. The third-order valence-corrected chi connectivity index (χ3v) is 9.04. The highest BCUT2D eigenvalue weighted by atomic mass is 35.5. The number of carbonyl (C=O) groups is 1. The Morgan fingerprint density at radius 1 is 1.25 bits per heavy atom. The van der Waals surface area contributed by atoms with E-state index in [9.17, 15) is 9.18 Å². The lowest BCUT2D eigenvalue weighted by Gasteiger charge is -2.41. The Kier molecular flexibility index (Phi) is 8.82. The molecule has 0 bridgehead atoms. The molecule has 1 atom stereocenters. The number of ether oxygens (including phenoxy) is 1. The topological polar surface area (TPSA) is 82.3 Å². The van der Waals surface area contributed by atoms with E-state index in [1.807, 2.05) is 0 Å². The zero-order valence-electron chi connectivity index (χ0n) is 24.9. The van der Waals surface area contributed by atoms with E-state index in [2.05, 4.69) is 38.2 Å². The molecule has 2 fully saturated rings. The summed E-state index contributed by atoms with van der Waals surface area (Å²) in [5.41, 5.74) is 2.57. The van der Waals surface area contributed by atoms with Crippen molar-refractivity contribution in [1.82, 2.24) is 24.8 Å². The summed E-state index contributed by atoms with van der Waals surface area (Å²) in [6, 6.07) is 3.06. The molecule has 230 valence electrons. The highest BCUT2D eigenvalue weighted by molar-refractivity contribution is 6.36. The number of hydrogen-bond acceptors (Lipinski definition) is 8. The number of halogens is 2. The molecule has 4 heterocycles. The van der Waals surface area contributed by atoms with E-state index < -0.39 is 5.82 Å². The van der Waals surface area contributed by atoms with Gasteiger partial charge < -0.3 is 29.2 Å². The number of rotatable bonds is 10. The molecule has 1 saturated heterocycles. The second kappa shape index (κ2) is 12.9. The van der Waals surface area contributed by atoms with Gasteiger partial charge in [0.25, 0.3) is 0 Å². The largest absolute Gasteiger partial charge is 0.462 e. The maximum atomic E-state index is 14.5. The minimum absolute atomic E-state index is 0.0752. The number of likely N-dealkylation sites (N-methyl/N-ethyl adjacent to an activating group) is 1. The van der Waals surface area contributed by atoms with Crippen molar-refractivity contribution < 1.29 is 13.9 Å². The molecule has 0 spiro atoms. The van der Waals surface area contributed by atoms with Crippen LogP contribution in [-0.4, -0.2) is 96.2 Å². The molecule has 1 saturated carbocycles. The smallest absolute Gasteiger partial charge is 0.318 e. The number of fused-ring (bicyclic) bond motifs is 2. The van der Waals surface area contributed by atoms with Crippen LogP contribution in [0, 0.1) is 18.3 Å². The predicted molar refractivity (Wildman–Crippen MR) is 169 cm³/mol. The maximum Gasteiger partial charge on any atom is 0.318 e. The van der Waals surface area contributed by atoms with Crippen LogP contribution in [0.1, 0.15) is 24.1 Å². The highest BCUT2D eigenvalue weighted by Gasteiger charge is 2.35. The van der Waals surface area contributed by atoms with Gasteiger partial charge in [-0.05, 0) is 50.4 Å². The Morgan fingerprint density at radius 3 is 2.86 bits per heavy atom. The van der Waals surface area contributed by atoms with Crippen LogP contribution in [0.2, 0.25) is 5.02 Å². The van der Waals surface area contributed by atoms with Crippen LogP contribution in [0.15, 0.2) is 37.2 Å². The van der Waals surface area contributed by atoms with E-state index >= 15 is 0 Å². The number of amides is 1. The van der Waals surface area contributed by atoms with E-state index in [1.54, 1.807) is 23.4 Å². The van der Waals surface area contributed by atoms with Gasteiger partial charge in [-0.15, -0.1) is 0 Å². The Bertz CT molecular complexity index is 1610. The minimum atomic E-state index is -0.473. The third-order valence-electron chi connectivity index (χ3n) is 8.67. The first-order chi connectivity index (χ1) is 21.4. The molecule has 3 aliphatic rings. The quantitative estimate of drug-likeness (QED) is 0.247. The third kappa shape index (κ3) is 6.28. The predicted octanol–water partition coefficient (Wildman–Crippen LogP) is 4.22. The fourth-order valence-electron chi connectivity index (χ4n) is 6.19. The van der Waals surface area contributed by atoms with Crippen LogP contribution in [0.25, 0.3) is 15.6 Å². The second-order valence-corrected chi connectivity index (χ2v) is 12.2. The van der Waals surface area contributed by atoms with Crippen LogP contribution in [0.4, 0.5) is 15.9 Å². The van der Waals surface area contributed by atoms with Gasteiger partial charge in [-0.3, -0.25) is 9.78 Å². The number of anilines is 2. The average Bonchev–Trinajstić information content (AvgIpc) is 3.85. The minimum Gasteiger partial charge on any atom is -0.462 e. The summed E-state index contributed by atoms with van der Waals surface area (Å²) in [4.78, 5) is 38.6. The number of nitrogens with zero attached hydrogens (tertiary/aromatic N) is 8. The second-order valence-electron chi connectivity index (χ2n) is 11.8. The lowest BCUT2D eigenvalue weighted by atomic mass is 10.0. The first-order valence-corrected chi connectivity index (χ1v) is 15.4. The average molecular weight is 619 g/mol. The van der Waals surface area contributed by atoms with Crippen molar-refractivity contribution in [2.24, 2.45) is 5.92 Å². The molecule has 0 N–H and O–H groups in total. The van der Waals surface area contributed by atoms with E-state index in [4.69, 9.17) is 32.9 Å². The van der Waals surface area contributed by atoms with Crippen molar-refractivity contribution in [2.45, 2.75) is 31.8 Å².